The number of oxazole rings is 1. The van der Waals surface area contributed by atoms with Gasteiger partial charge in [-0.3, -0.25) is 0 Å². The fourth-order valence-electron chi connectivity index (χ4n) is 2.92. The zero-order valence-corrected chi connectivity index (χ0v) is 11.2. The van der Waals surface area contributed by atoms with E-state index in [1.54, 1.807) is 6.20 Å². The molecular weight excluding hydrogens is 274 g/mol. The van der Waals surface area contributed by atoms with E-state index in [4.69, 9.17) is 13.9 Å². The van der Waals surface area contributed by atoms with Crippen LogP contribution in [0.3, 0.4) is 0 Å². The average molecular weight is 289 g/mol. The van der Waals surface area contributed by atoms with Gasteiger partial charge in [-0.2, -0.15) is 0 Å². The highest BCUT2D eigenvalue weighted by Gasteiger charge is 2.62. The minimum atomic E-state index is -1.05. The largest absolute Gasteiger partial charge is 0.438 e. The third-order valence-corrected chi connectivity index (χ3v) is 4.12. The Morgan fingerprint density at radius 3 is 2.81 bits per heavy atom. The number of aliphatic hydroxyl groups is 2. The van der Waals surface area contributed by atoms with E-state index in [0.717, 1.165) is 5.56 Å². The number of rotatable bonds is 3. The van der Waals surface area contributed by atoms with Gasteiger partial charge in [0.1, 0.15) is 23.9 Å². The van der Waals surface area contributed by atoms with Crippen molar-refractivity contribution in [2.45, 2.75) is 23.9 Å². The number of hydrogen-bond donors (Lipinski definition) is 2. The zero-order chi connectivity index (χ0) is 14.4. The van der Waals surface area contributed by atoms with Crippen molar-refractivity contribution in [3.05, 3.63) is 42.3 Å². The standard InChI is InChI=1S/C15H15NO5/c17-7-15-8-19-12(13(15)18)11(21-15)10-6-16-14(20-10)9-4-2-1-3-5-9/h1-6,11-13,17-18H,7-8H2/t11-,12+,13?,15-/m0/s1. The van der Waals surface area contributed by atoms with Gasteiger partial charge >= 0.3 is 0 Å². The molecule has 0 spiro atoms. The van der Waals surface area contributed by atoms with Crippen molar-refractivity contribution in [3.63, 3.8) is 0 Å². The predicted molar refractivity (Wildman–Crippen MR) is 71.3 cm³/mol. The van der Waals surface area contributed by atoms with Gasteiger partial charge in [0, 0.05) is 5.56 Å². The number of hydrogen-bond acceptors (Lipinski definition) is 6. The second-order valence-electron chi connectivity index (χ2n) is 5.42. The fourth-order valence-corrected chi connectivity index (χ4v) is 2.92. The summed E-state index contributed by atoms with van der Waals surface area (Å²) in [5, 5.41) is 19.6. The third kappa shape index (κ3) is 1.84. The van der Waals surface area contributed by atoms with Crippen molar-refractivity contribution in [2.75, 3.05) is 13.2 Å². The van der Waals surface area contributed by atoms with E-state index < -0.39 is 23.9 Å². The van der Waals surface area contributed by atoms with Crippen molar-refractivity contribution >= 4 is 0 Å². The molecule has 4 rings (SSSR count). The summed E-state index contributed by atoms with van der Waals surface area (Å²) in [6.45, 7) is -0.105. The quantitative estimate of drug-likeness (QED) is 0.873. The van der Waals surface area contributed by atoms with Gasteiger partial charge in [0.05, 0.1) is 19.4 Å². The van der Waals surface area contributed by atoms with Crippen LogP contribution in [0, 0.1) is 0 Å². The summed E-state index contributed by atoms with van der Waals surface area (Å²) in [7, 11) is 0. The van der Waals surface area contributed by atoms with Gasteiger partial charge in [-0.25, -0.2) is 4.98 Å². The maximum Gasteiger partial charge on any atom is 0.226 e. The van der Waals surface area contributed by atoms with Crippen LogP contribution in [0.25, 0.3) is 11.5 Å². The van der Waals surface area contributed by atoms with Gasteiger partial charge in [0.25, 0.3) is 0 Å². The third-order valence-electron chi connectivity index (χ3n) is 4.12. The highest BCUT2D eigenvalue weighted by atomic mass is 16.6. The molecule has 21 heavy (non-hydrogen) atoms. The van der Waals surface area contributed by atoms with Crippen molar-refractivity contribution in [2.24, 2.45) is 0 Å². The van der Waals surface area contributed by atoms with Crippen LogP contribution in [-0.2, 0) is 9.47 Å². The lowest BCUT2D eigenvalue weighted by Gasteiger charge is -2.27. The van der Waals surface area contributed by atoms with Crippen LogP contribution >= 0.6 is 0 Å². The maximum absolute atomic E-state index is 10.2. The average Bonchev–Trinajstić information content (AvgIpc) is 3.21. The molecule has 2 N–H and O–H groups in total. The Morgan fingerprint density at radius 1 is 1.29 bits per heavy atom. The summed E-state index contributed by atoms with van der Waals surface area (Å²) in [6, 6.07) is 9.53. The van der Waals surface area contributed by atoms with E-state index in [-0.39, 0.29) is 13.2 Å². The highest BCUT2D eigenvalue weighted by molar-refractivity contribution is 5.52. The number of aliphatic hydroxyl groups excluding tert-OH is 2. The van der Waals surface area contributed by atoms with Crippen molar-refractivity contribution in [1.29, 1.82) is 0 Å². The first kappa shape index (κ1) is 13.0. The molecule has 2 aliphatic heterocycles. The smallest absolute Gasteiger partial charge is 0.226 e. The van der Waals surface area contributed by atoms with Crippen LogP contribution in [0.5, 0.6) is 0 Å². The van der Waals surface area contributed by atoms with E-state index in [2.05, 4.69) is 4.98 Å². The van der Waals surface area contributed by atoms with E-state index in [9.17, 15) is 10.2 Å². The molecule has 0 aliphatic carbocycles. The monoisotopic (exact) mass is 289 g/mol. The first-order chi connectivity index (χ1) is 10.2. The molecule has 3 heterocycles. The summed E-state index contributed by atoms with van der Waals surface area (Å²) in [5.41, 5.74) is -0.181. The first-order valence-electron chi connectivity index (χ1n) is 6.83. The summed E-state index contributed by atoms with van der Waals surface area (Å²) >= 11 is 0. The van der Waals surface area contributed by atoms with Crippen LogP contribution in [0.2, 0.25) is 0 Å². The number of fused-ring (bicyclic) bond motifs is 2. The lowest BCUT2D eigenvalue weighted by Crippen LogP contribution is -2.43. The molecule has 1 unspecified atom stereocenters. The Labute approximate surface area is 120 Å². The number of aromatic nitrogens is 1. The lowest BCUT2D eigenvalue weighted by molar-refractivity contribution is -0.167. The second kappa shape index (κ2) is 4.64. The SMILES string of the molecule is OC[C@]12CO[C@@H](C1O)[C@H](c1cnc(-c3ccccc3)o1)O2. The minimum absolute atomic E-state index is 0.186. The van der Waals surface area contributed by atoms with Gasteiger partial charge in [0.2, 0.25) is 5.89 Å². The molecule has 110 valence electrons. The van der Waals surface area contributed by atoms with Crippen LogP contribution in [-0.4, -0.2) is 46.2 Å². The van der Waals surface area contributed by atoms with E-state index >= 15 is 0 Å². The Bertz CT molecular complexity index is 643. The number of ether oxygens (including phenoxy) is 2. The van der Waals surface area contributed by atoms with Gasteiger partial charge in [-0.1, -0.05) is 18.2 Å². The zero-order valence-electron chi connectivity index (χ0n) is 11.2. The van der Waals surface area contributed by atoms with Crippen molar-refractivity contribution in [3.8, 4) is 11.5 Å². The molecule has 6 nitrogen and oxygen atoms in total. The molecule has 2 aliphatic rings. The fraction of sp³-hybridized carbons (Fsp3) is 0.400. The normalized spacial score (nSPS) is 34.5. The lowest BCUT2D eigenvalue weighted by atomic mass is 9.99. The van der Waals surface area contributed by atoms with Crippen LogP contribution < -0.4 is 0 Å². The molecule has 2 bridgehead atoms. The molecule has 2 aromatic rings. The van der Waals surface area contributed by atoms with E-state index in [0.29, 0.717) is 11.7 Å². The summed E-state index contributed by atoms with van der Waals surface area (Å²) in [5.74, 6) is 0.984. The molecule has 2 fully saturated rings. The molecule has 2 saturated heterocycles. The van der Waals surface area contributed by atoms with Crippen molar-refractivity contribution < 1.29 is 24.1 Å². The summed E-state index contributed by atoms with van der Waals surface area (Å²) in [6.07, 6.45) is -0.369. The molecule has 4 atom stereocenters. The molecule has 0 saturated carbocycles. The van der Waals surface area contributed by atoms with Crippen LogP contribution in [0.15, 0.2) is 40.9 Å². The second-order valence-corrected chi connectivity index (χ2v) is 5.42. The first-order valence-corrected chi connectivity index (χ1v) is 6.83. The van der Waals surface area contributed by atoms with Gasteiger partial charge in [0.15, 0.2) is 5.76 Å². The van der Waals surface area contributed by atoms with Gasteiger partial charge in [-0.05, 0) is 12.1 Å². The Morgan fingerprint density at radius 2 is 2.10 bits per heavy atom. The number of benzene rings is 1. The van der Waals surface area contributed by atoms with Gasteiger partial charge in [-0.15, -0.1) is 0 Å². The van der Waals surface area contributed by atoms with Gasteiger partial charge < -0.3 is 24.1 Å². The molecule has 1 aromatic carbocycles. The molecule has 0 radical (unpaired) electrons. The van der Waals surface area contributed by atoms with E-state index in [1.165, 1.54) is 0 Å². The number of nitrogens with zero attached hydrogens (tertiary/aromatic N) is 1. The van der Waals surface area contributed by atoms with Crippen LogP contribution in [0.4, 0.5) is 0 Å². The van der Waals surface area contributed by atoms with E-state index in [1.807, 2.05) is 30.3 Å². The van der Waals surface area contributed by atoms with Crippen molar-refractivity contribution in [1.82, 2.24) is 4.98 Å². The predicted octanol–water partition coefficient (Wildman–Crippen LogP) is 0.904. The minimum Gasteiger partial charge on any atom is -0.438 e. The Balaban J connectivity index is 1.63. The Hall–Kier alpha value is -1.73. The molecule has 0 amide bonds. The topological polar surface area (TPSA) is 85.0 Å². The van der Waals surface area contributed by atoms with Crippen LogP contribution in [0.1, 0.15) is 11.9 Å². The Kier molecular flexibility index (Phi) is 2.87. The molecular formula is C15H15NO5. The summed E-state index contributed by atoms with van der Waals surface area (Å²) < 4.78 is 17.0. The maximum atomic E-state index is 10.2. The summed E-state index contributed by atoms with van der Waals surface area (Å²) in [4.78, 5) is 4.24. The molecule has 1 aromatic heterocycles. The highest BCUT2D eigenvalue weighted by Crippen LogP contribution is 2.47. The molecule has 6 heteroatoms.